The molecule has 1 saturated carbocycles. The van der Waals surface area contributed by atoms with Crippen LogP contribution in [0, 0.1) is 11.8 Å². The molecule has 0 aromatic carbocycles. The Kier molecular flexibility index (Phi) is 4.66. The van der Waals surface area contributed by atoms with Crippen LogP contribution in [0.5, 0.6) is 0 Å². The van der Waals surface area contributed by atoms with Crippen LogP contribution >= 0.6 is 0 Å². The van der Waals surface area contributed by atoms with Gasteiger partial charge >= 0.3 is 12.0 Å². The summed E-state index contributed by atoms with van der Waals surface area (Å²) < 4.78 is 0. The minimum atomic E-state index is -0.879. The number of carboxylic acid groups (broad SMARTS) is 1. The first-order valence-electron chi connectivity index (χ1n) is 7.39. The van der Waals surface area contributed by atoms with Crippen molar-refractivity contribution in [2.24, 2.45) is 11.8 Å². The number of urea groups is 1. The van der Waals surface area contributed by atoms with E-state index in [0.29, 0.717) is 25.4 Å². The zero-order valence-corrected chi connectivity index (χ0v) is 11.6. The predicted octanol–water partition coefficient (Wildman–Crippen LogP) is 2.07. The molecule has 5 heteroatoms. The molecule has 1 heterocycles. The van der Waals surface area contributed by atoms with Gasteiger partial charge in [0, 0.05) is 13.1 Å². The first-order chi connectivity index (χ1) is 9.11. The molecule has 5 nitrogen and oxygen atoms in total. The topological polar surface area (TPSA) is 69.6 Å². The maximum Gasteiger partial charge on any atom is 0.326 e. The molecule has 2 aliphatic rings. The van der Waals surface area contributed by atoms with Crippen LogP contribution in [0.15, 0.2) is 0 Å². The van der Waals surface area contributed by atoms with E-state index in [-0.39, 0.29) is 6.03 Å². The molecule has 2 fully saturated rings. The Morgan fingerprint density at radius 3 is 2.58 bits per heavy atom. The largest absolute Gasteiger partial charge is 0.480 e. The normalized spacial score (nSPS) is 27.1. The van der Waals surface area contributed by atoms with Crippen molar-refractivity contribution in [1.82, 2.24) is 10.2 Å². The van der Waals surface area contributed by atoms with Crippen molar-refractivity contribution in [3.8, 4) is 0 Å². The van der Waals surface area contributed by atoms with E-state index in [0.717, 1.165) is 25.2 Å². The summed E-state index contributed by atoms with van der Waals surface area (Å²) in [5.41, 5.74) is 0. The smallest absolute Gasteiger partial charge is 0.326 e. The molecule has 108 valence electrons. The van der Waals surface area contributed by atoms with Crippen molar-refractivity contribution < 1.29 is 14.7 Å². The quantitative estimate of drug-likeness (QED) is 0.802. The van der Waals surface area contributed by atoms with E-state index in [1.807, 2.05) is 0 Å². The number of nitrogens with zero attached hydrogens (tertiary/aromatic N) is 1. The zero-order valence-electron chi connectivity index (χ0n) is 11.6. The number of carbonyl (C=O) groups excluding carboxylic acids is 1. The monoisotopic (exact) mass is 268 g/mol. The van der Waals surface area contributed by atoms with Gasteiger partial charge in [-0.15, -0.1) is 0 Å². The third-order valence-corrected chi connectivity index (χ3v) is 4.36. The number of hydrogen-bond acceptors (Lipinski definition) is 2. The summed E-state index contributed by atoms with van der Waals surface area (Å²) in [7, 11) is 0. The fourth-order valence-electron chi connectivity index (χ4n) is 2.78. The van der Waals surface area contributed by atoms with E-state index in [4.69, 9.17) is 0 Å². The number of nitrogens with one attached hydrogen (secondary N) is 1. The molecule has 0 radical (unpaired) electrons. The maximum absolute atomic E-state index is 12.1. The van der Waals surface area contributed by atoms with Crippen LogP contribution in [0.2, 0.25) is 0 Å². The molecule has 2 unspecified atom stereocenters. The molecule has 19 heavy (non-hydrogen) atoms. The molecule has 1 aliphatic carbocycles. The number of piperidine rings is 1. The van der Waals surface area contributed by atoms with Crippen molar-refractivity contribution in [2.75, 3.05) is 13.1 Å². The number of rotatable bonds is 5. The lowest BCUT2D eigenvalue weighted by molar-refractivity contribution is -0.144. The Bertz CT molecular complexity index is 342. The average molecular weight is 268 g/mol. The summed E-state index contributed by atoms with van der Waals surface area (Å²) in [6.07, 6.45) is 6.05. The van der Waals surface area contributed by atoms with Gasteiger partial charge in [-0.3, -0.25) is 0 Å². The van der Waals surface area contributed by atoms with Gasteiger partial charge in [0.2, 0.25) is 0 Å². The summed E-state index contributed by atoms with van der Waals surface area (Å²) in [6.45, 7) is 3.31. The number of likely N-dealkylation sites (tertiary alicyclic amines) is 1. The van der Waals surface area contributed by atoms with E-state index in [2.05, 4.69) is 12.2 Å². The lowest BCUT2D eigenvalue weighted by Crippen LogP contribution is -2.53. The third-order valence-electron chi connectivity index (χ3n) is 4.36. The fraction of sp³-hybridized carbons (Fsp3) is 0.857. The van der Waals surface area contributed by atoms with Crippen molar-refractivity contribution in [3.63, 3.8) is 0 Å². The molecular formula is C14H24N2O3. The molecule has 2 rings (SSSR count). The van der Waals surface area contributed by atoms with Crippen LogP contribution < -0.4 is 5.32 Å². The van der Waals surface area contributed by atoms with Gasteiger partial charge in [-0.1, -0.05) is 26.2 Å². The van der Waals surface area contributed by atoms with Gasteiger partial charge in [0.05, 0.1) is 0 Å². The Morgan fingerprint density at radius 1 is 1.26 bits per heavy atom. The Morgan fingerprint density at radius 2 is 2.00 bits per heavy atom. The summed E-state index contributed by atoms with van der Waals surface area (Å²) in [4.78, 5) is 24.9. The highest BCUT2D eigenvalue weighted by molar-refractivity contribution is 5.82. The molecule has 2 amide bonds. The van der Waals surface area contributed by atoms with Gasteiger partial charge in [-0.05, 0) is 31.1 Å². The third kappa shape index (κ3) is 3.85. The van der Waals surface area contributed by atoms with Gasteiger partial charge in [0.1, 0.15) is 6.04 Å². The second kappa shape index (κ2) is 6.26. The molecule has 2 N–H and O–H groups in total. The molecule has 1 aliphatic heterocycles. The second-order valence-electron chi connectivity index (χ2n) is 5.81. The molecule has 1 saturated heterocycles. The Hall–Kier alpha value is -1.26. The molecular weight excluding hydrogens is 244 g/mol. The molecule has 0 aromatic heterocycles. The fourth-order valence-corrected chi connectivity index (χ4v) is 2.78. The van der Waals surface area contributed by atoms with Gasteiger partial charge in [0.15, 0.2) is 0 Å². The van der Waals surface area contributed by atoms with Crippen LogP contribution in [0.4, 0.5) is 4.79 Å². The highest BCUT2D eigenvalue weighted by atomic mass is 16.4. The summed E-state index contributed by atoms with van der Waals surface area (Å²) in [6, 6.07) is -0.859. The lowest BCUT2D eigenvalue weighted by Gasteiger charge is -2.36. The minimum Gasteiger partial charge on any atom is -0.480 e. The number of amides is 2. The van der Waals surface area contributed by atoms with E-state index in [9.17, 15) is 14.7 Å². The van der Waals surface area contributed by atoms with Crippen LogP contribution in [-0.2, 0) is 4.79 Å². The number of carboxylic acids is 1. The van der Waals surface area contributed by atoms with Gasteiger partial charge in [-0.25, -0.2) is 9.59 Å². The summed E-state index contributed by atoms with van der Waals surface area (Å²) in [5.74, 6) is 0.327. The van der Waals surface area contributed by atoms with E-state index >= 15 is 0 Å². The maximum atomic E-state index is 12.1. The zero-order chi connectivity index (χ0) is 13.8. The van der Waals surface area contributed by atoms with Crippen molar-refractivity contribution in [2.45, 2.75) is 51.5 Å². The van der Waals surface area contributed by atoms with Gasteiger partial charge in [-0.2, -0.15) is 0 Å². The molecule has 0 spiro atoms. The van der Waals surface area contributed by atoms with Gasteiger partial charge < -0.3 is 15.3 Å². The van der Waals surface area contributed by atoms with Crippen LogP contribution in [-0.4, -0.2) is 41.1 Å². The van der Waals surface area contributed by atoms with Crippen LogP contribution in [0.25, 0.3) is 0 Å². The molecule has 0 aromatic rings. The lowest BCUT2D eigenvalue weighted by atomic mass is 9.89. The summed E-state index contributed by atoms with van der Waals surface area (Å²) in [5, 5.41) is 12.1. The summed E-state index contributed by atoms with van der Waals surface area (Å²) >= 11 is 0. The molecule has 2 atom stereocenters. The predicted molar refractivity (Wildman–Crippen MR) is 71.9 cm³/mol. The SMILES string of the molecule is CCC1CCN(C(=O)NCCC2CC2)C(C(=O)O)C1. The standard InChI is InChI=1S/C14H24N2O3/c1-2-10-6-8-16(12(9-10)13(17)18)14(19)15-7-5-11-3-4-11/h10-12H,2-9H2,1H3,(H,15,19)(H,17,18). The van der Waals surface area contributed by atoms with Crippen LogP contribution in [0.1, 0.15) is 45.4 Å². The van der Waals surface area contributed by atoms with E-state index < -0.39 is 12.0 Å². The van der Waals surface area contributed by atoms with Crippen molar-refractivity contribution >= 4 is 12.0 Å². The Labute approximate surface area is 114 Å². The number of carbonyl (C=O) groups is 2. The molecule has 0 bridgehead atoms. The first-order valence-corrected chi connectivity index (χ1v) is 7.39. The minimum absolute atomic E-state index is 0.206. The van der Waals surface area contributed by atoms with E-state index in [1.165, 1.54) is 17.7 Å². The van der Waals surface area contributed by atoms with Crippen LogP contribution in [0.3, 0.4) is 0 Å². The second-order valence-corrected chi connectivity index (χ2v) is 5.81. The van der Waals surface area contributed by atoms with Crippen molar-refractivity contribution in [1.29, 1.82) is 0 Å². The van der Waals surface area contributed by atoms with Crippen molar-refractivity contribution in [3.05, 3.63) is 0 Å². The highest BCUT2D eigenvalue weighted by Gasteiger charge is 2.35. The number of hydrogen-bond donors (Lipinski definition) is 2. The average Bonchev–Trinajstić information content (AvgIpc) is 3.21. The highest BCUT2D eigenvalue weighted by Crippen LogP contribution is 2.31. The number of aliphatic carboxylic acids is 1. The van der Waals surface area contributed by atoms with E-state index in [1.54, 1.807) is 0 Å². The van der Waals surface area contributed by atoms with Gasteiger partial charge in [0.25, 0.3) is 0 Å². The first kappa shape index (κ1) is 14.2. The Balaban J connectivity index is 1.84.